The van der Waals surface area contributed by atoms with Gasteiger partial charge in [0.15, 0.2) is 0 Å². The second-order valence-electron chi connectivity index (χ2n) is 6.42. The summed E-state index contributed by atoms with van der Waals surface area (Å²) in [6.07, 6.45) is 1.41. The average molecular weight is 412 g/mol. The highest BCUT2D eigenvalue weighted by Crippen LogP contribution is 2.34. The minimum absolute atomic E-state index is 0.154. The zero-order valence-corrected chi connectivity index (χ0v) is 17.2. The first-order valence-electron chi connectivity index (χ1n) is 8.77. The fourth-order valence-electron chi connectivity index (χ4n) is 2.78. The van der Waals surface area contributed by atoms with E-state index in [1.807, 2.05) is 19.1 Å². The van der Waals surface area contributed by atoms with Crippen molar-refractivity contribution in [1.82, 2.24) is 0 Å². The van der Waals surface area contributed by atoms with E-state index in [-0.39, 0.29) is 16.5 Å². The van der Waals surface area contributed by atoms with Gasteiger partial charge in [-0.05, 0) is 44.5 Å². The molecule has 0 aliphatic heterocycles. The number of ether oxygens (including phenoxy) is 1. The lowest BCUT2D eigenvalue weighted by molar-refractivity contribution is 0.0601. The van der Waals surface area contributed by atoms with E-state index in [2.05, 4.69) is 10.6 Å². The number of nitrogens with one attached hydrogen (secondary N) is 2. The molecular weight excluding hydrogens is 392 g/mol. The summed E-state index contributed by atoms with van der Waals surface area (Å²) in [4.78, 5) is 38.0. The molecular formula is C21H20N2O5S. The number of hydrogen-bond donors (Lipinski definition) is 2. The van der Waals surface area contributed by atoms with Gasteiger partial charge in [0, 0.05) is 5.69 Å². The Balaban J connectivity index is 1.93. The normalized spacial score (nSPS) is 10.5. The molecule has 7 nitrogen and oxygen atoms in total. The van der Waals surface area contributed by atoms with Crippen LogP contribution in [0.5, 0.6) is 0 Å². The van der Waals surface area contributed by atoms with Gasteiger partial charge in [-0.1, -0.05) is 17.7 Å². The predicted molar refractivity (Wildman–Crippen MR) is 111 cm³/mol. The van der Waals surface area contributed by atoms with Crippen LogP contribution in [0.15, 0.2) is 41.0 Å². The SMILES string of the molecule is COC(=O)c1c(NC(=O)c2ccoc2C)sc(C(=O)Nc2ccc(C)cc2)c1C. The number of amides is 2. The van der Waals surface area contributed by atoms with Crippen molar-refractivity contribution >= 4 is 39.8 Å². The topological polar surface area (TPSA) is 97.6 Å². The molecule has 3 rings (SSSR count). The summed E-state index contributed by atoms with van der Waals surface area (Å²) in [7, 11) is 1.25. The van der Waals surface area contributed by atoms with Crippen LogP contribution in [0.25, 0.3) is 0 Å². The monoisotopic (exact) mass is 412 g/mol. The van der Waals surface area contributed by atoms with Crippen molar-refractivity contribution in [1.29, 1.82) is 0 Å². The molecule has 8 heteroatoms. The molecule has 0 aliphatic rings. The highest BCUT2D eigenvalue weighted by Gasteiger charge is 2.27. The third-order valence-electron chi connectivity index (χ3n) is 4.38. The molecule has 0 atom stereocenters. The minimum Gasteiger partial charge on any atom is -0.469 e. The van der Waals surface area contributed by atoms with Gasteiger partial charge in [0.1, 0.15) is 10.8 Å². The number of rotatable bonds is 5. The van der Waals surface area contributed by atoms with Crippen LogP contribution in [0.4, 0.5) is 10.7 Å². The van der Waals surface area contributed by atoms with Crippen molar-refractivity contribution in [2.75, 3.05) is 17.7 Å². The Morgan fingerprint density at radius 2 is 1.66 bits per heavy atom. The van der Waals surface area contributed by atoms with E-state index in [0.29, 0.717) is 27.5 Å². The summed E-state index contributed by atoms with van der Waals surface area (Å²) in [5, 5.41) is 5.75. The van der Waals surface area contributed by atoms with Gasteiger partial charge >= 0.3 is 5.97 Å². The molecule has 0 radical (unpaired) electrons. The molecule has 0 aliphatic carbocycles. The van der Waals surface area contributed by atoms with Crippen LogP contribution in [0, 0.1) is 20.8 Å². The summed E-state index contributed by atoms with van der Waals surface area (Å²) in [5.74, 6) is -0.991. The number of thiophene rings is 1. The van der Waals surface area contributed by atoms with E-state index in [9.17, 15) is 14.4 Å². The molecule has 0 bridgehead atoms. The van der Waals surface area contributed by atoms with Crippen LogP contribution in [-0.4, -0.2) is 24.9 Å². The fraction of sp³-hybridized carbons (Fsp3) is 0.190. The highest BCUT2D eigenvalue weighted by molar-refractivity contribution is 7.19. The summed E-state index contributed by atoms with van der Waals surface area (Å²) in [6, 6.07) is 8.89. The molecule has 29 heavy (non-hydrogen) atoms. The number of hydrogen-bond acceptors (Lipinski definition) is 6. The third kappa shape index (κ3) is 4.22. The Morgan fingerprint density at radius 3 is 2.24 bits per heavy atom. The van der Waals surface area contributed by atoms with E-state index >= 15 is 0 Å². The van der Waals surface area contributed by atoms with Gasteiger partial charge in [0.25, 0.3) is 11.8 Å². The van der Waals surface area contributed by atoms with Gasteiger partial charge in [-0.2, -0.15) is 0 Å². The quantitative estimate of drug-likeness (QED) is 0.599. The maximum atomic E-state index is 12.8. The second kappa shape index (κ2) is 8.32. The van der Waals surface area contributed by atoms with Gasteiger partial charge in [-0.25, -0.2) is 4.79 Å². The number of aryl methyl sites for hydroxylation is 2. The van der Waals surface area contributed by atoms with Crippen molar-refractivity contribution < 1.29 is 23.5 Å². The second-order valence-corrected chi connectivity index (χ2v) is 7.44. The number of anilines is 2. The maximum absolute atomic E-state index is 12.8. The Labute approximate surface area is 171 Å². The number of benzene rings is 1. The van der Waals surface area contributed by atoms with Crippen LogP contribution in [0.1, 0.15) is 47.3 Å². The molecule has 2 heterocycles. The van der Waals surface area contributed by atoms with E-state index in [1.165, 1.54) is 19.4 Å². The summed E-state index contributed by atoms with van der Waals surface area (Å²) >= 11 is 1.02. The first-order chi connectivity index (χ1) is 13.8. The Morgan fingerprint density at radius 1 is 0.966 bits per heavy atom. The lowest BCUT2D eigenvalue weighted by Crippen LogP contribution is -2.14. The molecule has 0 fully saturated rings. The minimum atomic E-state index is -0.632. The first-order valence-corrected chi connectivity index (χ1v) is 9.58. The fourth-order valence-corrected chi connectivity index (χ4v) is 3.87. The van der Waals surface area contributed by atoms with Crippen molar-refractivity contribution in [3.05, 3.63) is 69.5 Å². The van der Waals surface area contributed by atoms with Crippen LogP contribution < -0.4 is 10.6 Å². The van der Waals surface area contributed by atoms with E-state index in [4.69, 9.17) is 9.15 Å². The molecule has 0 unspecified atom stereocenters. The van der Waals surface area contributed by atoms with Crippen LogP contribution >= 0.6 is 11.3 Å². The van der Waals surface area contributed by atoms with E-state index in [0.717, 1.165) is 16.9 Å². The third-order valence-corrected chi connectivity index (χ3v) is 5.59. The van der Waals surface area contributed by atoms with Gasteiger partial charge in [-0.3, -0.25) is 9.59 Å². The van der Waals surface area contributed by atoms with Crippen molar-refractivity contribution in [2.45, 2.75) is 20.8 Å². The average Bonchev–Trinajstić information content (AvgIpc) is 3.26. The standard InChI is InChI=1S/C21H20N2O5S/c1-11-5-7-14(8-6-11)22-19(25)17-12(2)16(21(26)27-4)20(29-17)23-18(24)15-9-10-28-13(15)3/h5-10H,1-4H3,(H,22,25)(H,23,24). The number of carbonyl (C=O) groups is 3. The Bertz CT molecular complexity index is 1080. The van der Waals surface area contributed by atoms with Crippen LogP contribution in [0.2, 0.25) is 0 Å². The van der Waals surface area contributed by atoms with E-state index in [1.54, 1.807) is 26.0 Å². The van der Waals surface area contributed by atoms with Crippen LogP contribution in [0.3, 0.4) is 0 Å². The van der Waals surface area contributed by atoms with Crippen molar-refractivity contribution in [3.8, 4) is 0 Å². The lowest BCUT2D eigenvalue weighted by atomic mass is 10.1. The lowest BCUT2D eigenvalue weighted by Gasteiger charge is -2.05. The predicted octanol–water partition coefficient (Wildman–Crippen LogP) is 4.56. The number of esters is 1. The first kappa shape index (κ1) is 20.3. The zero-order chi connectivity index (χ0) is 21.1. The molecule has 0 spiro atoms. The smallest absolute Gasteiger partial charge is 0.341 e. The Kier molecular flexibility index (Phi) is 5.84. The zero-order valence-electron chi connectivity index (χ0n) is 16.4. The summed E-state index contributed by atoms with van der Waals surface area (Å²) in [6.45, 7) is 5.26. The number of carbonyl (C=O) groups excluding carboxylic acids is 3. The number of methoxy groups -OCH3 is 1. The highest BCUT2D eigenvalue weighted by atomic mass is 32.1. The maximum Gasteiger partial charge on any atom is 0.341 e. The van der Waals surface area contributed by atoms with Crippen molar-refractivity contribution in [3.63, 3.8) is 0 Å². The van der Waals surface area contributed by atoms with Crippen LogP contribution in [-0.2, 0) is 4.74 Å². The van der Waals surface area contributed by atoms with Crippen molar-refractivity contribution in [2.24, 2.45) is 0 Å². The summed E-state index contributed by atoms with van der Waals surface area (Å²) in [5.41, 5.74) is 2.64. The molecule has 2 aromatic heterocycles. The molecule has 2 N–H and O–H groups in total. The molecule has 3 aromatic rings. The Hall–Kier alpha value is -3.39. The summed E-state index contributed by atoms with van der Waals surface area (Å²) < 4.78 is 10.00. The largest absolute Gasteiger partial charge is 0.469 e. The molecule has 2 amide bonds. The number of furan rings is 1. The molecule has 1 aromatic carbocycles. The molecule has 0 saturated heterocycles. The van der Waals surface area contributed by atoms with Gasteiger partial charge < -0.3 is 19.8 Å². The van der Waals surface area contributed by atoms with Gasteiger partial charge in [0.05, 0.1) is 29.4 Å². The molecule has 0 saturated carbocycles. The van der Waals surface area contributed by atoms with E-state index < -0.39 is 11.9 Å². The molecule has 150 valence electrons. The van der Waals surface area contributed by atoms with Gasteiger partial charge in [-0.15, -0.1) is 11.3 Å². The van der Waals surface area contributed by atoms with Gasteiger partial charge in [0.2, 0.25) is 0 Å².